The Kier molecular flexibility index (Phi) is 8.01. The number of hydrogen-bond donors (Lipinski definition) is 1. The first-order valence-electron chi connectivity index (χ1n) is 9.22. The maximum atomic E-state index is 12.4. The molecule has 5 nitrogen and oxygen atoms in total. The summed E-state index contributed by atoms with van der Waals surface area (Å²) < 4.78 is 5.44. The minimum atomic E-state index is -0.501. The minimum absolute atomic E-state index is 0.0404. The monoisotopic (exact) mass is 368 g/mol. The van der Waals surface area contributed by atoms with E-state index in [1.54, 1.807) is 0 Å². The maximum absolute atomic E-state index is 12.4. The molecule has 0 bridgehead atoms. The normalized spacial score (nSPS) is 11.9. The zero-order chi connectivity index (χ0) is 19.6. The van der Waals surface area contributed by atoms with Crippen LogP contribution in [0.3, 0.4) is 0 Å². The number of ether oxygens (including phenoxy) is 1. The molecule has 1 atom stereocenters. The summed E-state index contributed by atoms with van der Waals surface area (Å²) in [5.41, 5.74) is 2.13. The van der Waals surface area contributed by atoms with Gasteiger partial charge in [0.05, 0.1) is 19.2 Å². The predicted octanol–water partition coefficient (Wildman–Crippen LogP) is 2.83. The zero-order valence-corrected chi connectivity index (χ0v) is 16.3. The number of rotatable bonds is 10. The molecule has 2 aromatic rings. The first-order chi connectivity index (χ1) is 13.0. The largest absolute Gasteiger partial charge is 0.494 e. The van der Waals surface area contributed by atoms with E-state index in [-0.39, 0.29) is 18.2 Å². The third kappa shape index (κ3) is 7.23. The summed E-state index contributed by atoms with van der Waals surface area (Å²) in [6.07, 6.45) is 0.504. The molecule has 144 valence electrons. The van der Waals surface area contributed by atoms with Crippen LogP contribution in [-0.4, -0.2) is 42.8 Å². The molecule has 0 spiro atoms. The average Bonchev–Trinajstić information content (AvgIpc) is 2.63. The van der Waals surface area contributed by atoms with Gasteiger partial charge in [-0.3, -0.25) is 14.5 Å². The third-order valence-corrected chi connectivity index (χ3v) is 4.21. The van der Waals surface area contributed by atoms with Crippen LogP contribution < -0.4 is 10.1 Å². The molecule has 2 rings (SSSR count). The minimum Gasteiger partial charge on any atom is -0.494 e. The third-order valence-electron chi connectivity index (χ3n) is 4.21. The number of nitrogens with zero attached hydrogens (tertiary/aromatic N) is 1. The molecule has 5 heteroatoms. The molecule has 2 aromatic carbocycles. The van der Waals surface area contributed by atoms with E-state index >= 15 is 0 Å². The highest BCUT2D eigenvalue weighted by molar-refractivity contribution is 5.88. The van der Waals surface area contributed by atoms with Gasteiger partial charge in [-0.1, -0.05) is 42.5 Å². The highest BCUT2D eigenvalue weighted by atomic mass is 16.5. The van der Waals surface area contributed by atoms with Crippen LogP contribution in [0.1, 0.15) is 25.0 Å². The maximum Gasteiger partial charge on any atom is 0.234 e. The van der Waals surface area contributed by atoms with Crippen molar-refractivity contribution in [3.05, 3.63) is 65.7 Å². The van der Waals surface area contributed by atoms with Crippen LogP contribution in [0.2, 0.25) is 0 Å². The van der Waals surface area contributed by atoms with Crippen LogP contribution in [0.4, 0.5) is 0 Å². The van der Waals surface area contributed by atoms with Gasteiger partial charge in [0.2, 0.25) is 5.91 Å². The Morgan fingerprint density at radius 1 is 1.04 bits per heavy atom. The average molecular weight is 368 g/mol. The van der Waals surface area contributed by atoms with Gasteiger partial charge in [0.1, 0.15) is 5.75 Å². The van der Waals surface area contributed by atoms with Crippen LogP contribution in [0.25, 0.3) is 0 Å². The van der Waals surface area contributed by atoms with E-state index in [1.807, 2.05) is 73.5 Å². The molecule has 0 heterocycles. The molecular weight excluding hydrogens is 340 g/mol. The van der Waals surface area contributed by atoms with Gasteiger partial charge in [0.25, 0.3) is 0 Å². The van der Waals surface area contributed by atoms with Crippen LogP contribution in [0.5, 0.6) is 5.75 Å². The number of likely N-dealkylation sites (N-methyl/N-ethyl adjacent to an activating group) is 1. The van der Waals surface area contributed by atoms with Crippen molar-refractivity contribution in [2.24, 2.45) is 0 Å². The quantitative estimate of drug-likeness (QED) is 0.701. The van der Waals surface area contributed by atoms with E-state index in [1.165, 1.54) is 6.92 Å². The molecule has 0 fully saturated rings. The summed E-state index contributed by atoms with van der Waals surface area (Å²) in [7, 11) is 1.88. The number of carbonyl (C=O) groups excluding carboxylic acids is 2. The lowest BCUT2D eigenvalue weighted by atomic mass is 10.0. The number of Topliss-reactive ketones (excluding diaryl/α,β-unsaturated/α-hetero) is 1. The molecule has 0 aliphatic rings. The fourth-order valence-corrected chi connectivity index (χ4v) is 2.86. The summed E-state index contributed by atoms with van der Waals surface area (Å²) >= 11 is 0. The van der Waals surface area contributed by atoms with E-state index < -0.39 is 6.04 Å². The van der Waals surface area contributed by atoms with Gasteiger partial charge >= 0.3 is 0 Å². The van der Waals surface area contributed by atoms with Crippen molar-refractivity contribution < 1.29 is 14.3 Å². The second-order valence-electron chi connectivity index (χ2n) is 6.67. The number of amides is 1. The molecule has 1 amide bonds. The summed E-state index contributed by atoms with van der Waals surface area (Å²) in [5.74, 6) is 0.646. The van der Waals surface area contributed by atoms with Gasteiger partial charge < -0.3 is 10.1 Å². The molecule has 0 saturated carbocycles. The molecule has 27 heavy (non-hydrogen) atoms. The SMILES string of the molecule is CCOc1ccc(CN(C)CC(=O)N[C@@H](Cc2ccccc2)C(C)=O)cc1. The van der Waals surface area contributed by atoms with E-state index in [9.17, 15) is 9.59 Å². The van der Waals surface area contributed by atoms with Gasteiger partial charge in [-0.05, 0) is 50.6 Å². The molecule has 1 N–H and O–H groups in total. The Labute approximate surface area is 161 Å². The zero-order valence-electron chi connectivity index (χ0n) is 16.3. The van der Waals surface area contributed by atoms with Gasteiger partial charge in [0.15, 0.2) is 5.78 Å². The summed E-state index contributed by atoms with van der Waals surface area (Å²) in [6, 6.07) is 17.1. The second-order valence-corrected chi connectivity index (χ2v) is 6.67. The lowest BCUT2D eigenvalue weighted by Crippen LogP contribution is -2.45. The molecular formula is C22H28N2O3. The van der Waals surface area contributed by atoms with Crippen LogP contribution in [0, 0.1) is 0 Å². The van der Waals surface area contributed by atoms with Crippen LogP contribution in [0.15, 0.2) is 54.6 Å². The van der Waals surface area contributed by atoms with Gasteiger partial charge in [-0.15, -0.1) is 0 Å². The highest BCUT2D eigenvalue weighted by Crippen LogP contribution is 2.13. The van der Waals surface area contributed by atoms with Crippen LogP contribution >= 0.6 is 0 Å². The predicted molar refractivity (Wildman–Crippen MR) is 107 cm³/mol. The number of benzene rings is 2. The molecule has 0 unspecified atom stereocenters. The summed E-state index contributed by atoms with van der Waals surface area (Å²) in [6.45, 7) is 4.97. The summed E-state index contributed by atoms with van der Waals surface area (Å²) in [5, 5.41) is 2.86. The lowest BCUT2D eigenvalue weighted by molar-refractivity contribution is -0.127. The topological polar surface area (TPSA) is 58.6 Å². The first kappa shape index (κ1) is 20.6. The fourth-order valence-electron chi connectivity index (χ4n) is 2.86. The smallest absolute Gasteiger partial charge is 0.234 e. The Bertz CT molecular complexity index is 729. The summed E-state index contributed by atoms with van der Waals surface area (Å²) in [4.78, 5) is 26.2. The van der Waals surface area contributed by atoms with Crippen molar-refractivity contribution in [1.82, 2.24) is 10.2 Å². The van der Waals surface area contributed by atoms with Crippen LogP contribution in [-0.2, 0) is 22.6 Å². The van der Waals surface area contributed by atoms with Gasteiger partial charge in [-0.25, -0.2) is 0 Å². The van der Waals surface area contributed by atoms with Gasteiger partial charge in [0, 0.05) is 6.54 Å². The fraction of sp³-hybridized carbons (Fsp3) is 0.364. The van der Waals surface area contributed by atoms with Crippen molar-refractivity contribution in [3.8, 4) is 5.75 Å². The molecule has 0 aromatic heterocycles. The van der Waals surface area contributed by atoms with E-state index in [0.29, 0.717) is 19.6 Å². The molecule has 0 saturated heterocycles. The lowest BCUT2D eigenvalue weighted by Gasteiger charge is -2.20. The Morgan fingerprint density at radius 3 is 2.30 bits per heavy atom. The Morgan fingerprint density at radius 2 is 1.70 bits per heavy atom. The second kappa shape index (κ2) is 10.5. The van der Waals surface area contributed by atoms with Crippen molar-refractivity contribution >= 4 is 11.7 Å². The van der Waals surface area contributed by atoms with E-state index in [2.05, 4.69) is 5.32 Å². The van der Waals surface area contributed by atoms with Gasteiger partial charge in [-0.2, -0.15) is 0 Å². The van der Waals surface area contributed by atoms with Crippen molar-refractivity contribution in [2.45, 2.75) is 32.9 Å². The number of hydrogen-bond acceptors (Lipinski definition) is 4. The standard InChI is InChI=1S/C22H28N2O3/c1-4-27-20-12-10-19(11-13-20)15-24(3)16-22(26)23-21(17(2)25)14-18-8-6-5-7-9-18/h5-13,21H,4,14-16H2,1-3H3,(H,23,26)/t21-/m0/s1. The Balaban J connectivity index is 1.85. The number of nitrogens with one attached hydrogen (secondary N) is 1. The van der Waals surface area contributed by atoms with Crippen molar-refractivity contribution in [1.29, 1.82) is 0 Å². The molecule has 0 radical (unpaired) electrons. The molecule has 0 aliphatic carbocycles. The van der Waals surface area contributed by atoms with Crippen molar-refractivity contribution in [2.75, 3.05) is 20.2 Å². The first-order valence-corrected chi connectivity index (χ1v) is 9.22. The molecule has 0 aliphatic heterocycles. The number of carbonyl (C=O) groups is 2. The van der Waals surface area contributed by atoms with E-state index in [0.717, 1.165) is 16.9 Å². The highest BCUT2D eigenvalue weighted by Gasteiger charge is 2.18. The van der Waals surface area contributed by atoms with Crippen molar-refractivity contribution in [3.63, 3.8) is 0 Å². The van der Waals surface area contributed by atoms with E-state index in [4.69, 9.17) is 4.74 Å². The number of ketones is 1. The Hall–Kier alpha value is -2.66.